The van der Waals surface area contributed by atoms with E-state index in [1.165, 1.54) is 6.07 Å². The van der Waals surface area contributed by atoms with Gasteiger partial charge in [0, 0.05) is 4.47 Å². The summed E-state index contributed by atoms with van der Waals surface area (Å²) in [5, 5.41) is 2.79. The molecule has 2 rings (SSSR count). The van der Waals surface area contributed by atoms with Gasteiger partial charge in [-0.15, -0.1) is 0 Å². The van der Waals surface area contributed by atoms with Gasteiger partial charge in [0.05, 0.1) is 22.7 Å². The highest BCUT2D eigenvalue weighted by Gasteiger charge is 2.15. The molecule has 6 heteroatoms. The second-order valence-electron chi connectivity index (χ2n) is 4.12. The van der Waals surface area contributed by atoms with Crippen LogP contribution in [0.2, 0.25) is 5.02 Å². The number of nitrogens with one attached hydrogen (secondary N) is 1. The molecule has 0 aliphatic carbocycles. The van der Waals surface area contributed by atoms with E-state index in [0.717, 1.165) is 10.0 Å². The molecule has 0 spiro atoms. The van der Waals surface area contributed by atoms with E-state index in [9.17, 15) is 4.39 Å². The summed E-state index contributed by atoms with van der Waals surface area (Å²) in [6.07, 6.45) is 0. The Bertz CT molecular complexity index is 646. The van der Waals surface area contributed by atoms with Crippen molar-refractivity contribution >= 4 is 50.3 Å². The average Bonchev–Trinajstić information content (AvgIpc) is 2.37. The second-order valence-corrected chi connectivity index (χ2v) is 5.29. The van der Waals surface area contributed by atoms with E-state index in [-0.39, 0.29) is 22.1 Å². The molecular weight excluding hydrogens is 333 g/mol. The highest BCUT2D eigenvalue weighted by molar-refractivity contribution is 9.10. The van der Waals surface area contributed by atoms with Gasteiger partial charge in [-0.05, 0) is 40.5 Å². The van der Waals surface area contributed by atoms with Crippen LogP contribution in [0.15, 0.2) is 28.7 Å². The van der Waals surface area contributed by atoms with Crippen LogP contribution >= 0.6 is 27.5 Å². The Labute approximate surface area is 123 Å². The SMILES string of the molecule is Cc1cccc(Nc2c(N)cc(N)c(Cl)c2F)c1Br. The number of halogens is 3. The van der Waals surface area contributed by atoms with Crippen molar-refractivity contribution in [2.75, 3.05) is 16.8 Å². The van der Waals surface area contributed by atoms with Crippen LogP contribution in [0.4, 0.5) is 27.1 Å². The molecule has 5 N–H and O–H groups in total. The van der Waals surface area contributed by atoms with Gasteiger partial charge in [-0.25, -0.2) is 4.39 Å². The van der Waals surface area contributed by atoms with Gasteiger partial charge in [0.1, 0.15) is 5.02 Å². The van der Waals surface area contributed by atoms with E-state index in [2.05, 4.69) is 21.2 Å². The average molecular weight is 345 g/mol. The van der Waals surface area contributed by atoms with Crippen LogP contribution in [-0.2, 0) is 0 Å². The lowest BCUT2D eigenvalue weighted by Gasteiger charge is -2.14. The van der Waals surface area contributed by atoms with E-state index in [0.29, 0.717) is 5.69 Å². The quantitative estimate of drug-likeness (QED) is 0.705. The van der Waals surface area contributed by atoms with Crippen LogP contribution < -0.4 is 16.8 Å². The monoisotopic (exact) mass is 343 g/mol. The maximum atomic E-state index is 14.1. The number of nitrogen functional groups attached to an aromatic ring is 2. The van der Waals surface area contributed by atoms with Gasteiger partial charge < -0.3 is 16.8 Å². The Balaban J connectivity index is 2.50. The molecule has 19 heavy (non-hydrogen) atoms. The molecule has 0 aromatic heterocycles. The third-order valence-corrected chi connectivity index (χ3v) is 4.15. The number of benzene rings is 2. The molecule has 100 valence electrons. The molecule has 0 amide bonds. The number of rotatable bonds is 2. The Morgan fingerprint density at radius 1 is 1.26 bits per heavy atom. The predicted molar refractivity (Wildman–Crippen MR) is 82.4 cm³/mol. The van der Waals surface area contributed by atoms with Gasteiger partial charge in [-0.2, -0.15) is 0 Å². The third-order valence-electron chi connectivity index (χ3n) is 2.72. The van der Waals surface area contributed by atoms with Gasteiger partial charge in [0.2, 0.25) is 0 Å². The molecule has 2 aromatic rings. The van der Waals surface area contributed by atoms with Gasteiger partial charge in [0.15, 0.2) is 5.82 Å². The van der Waals surface area contributed by atoms with Crippen LogP contribution in [-0.4, -0.2) is 0 Å². The van der Waals surface area contributed by atoms with E-state index in [4.69, 9.17) is 23.1 Å². The van der Waals surface area contributed by atoms with Crippen molar-refractivity contribution in [3.63, 3.8) is 0 Å². The minimum Gasteiger partial charge on any atom is -0.397 e. The van der Waals surface area contributed by atoms with Gasteiger partial charge >= 0.3 is 0 Å². The number of anilines is 4. The van der Waals surface area contributed by atoms with E-state index >= 15 is 0 Å². The van der Waals surface area contributed by atoms with E-state index in [1.807, 2.05) is 19.1 Å². The van der Waals surface area contributed by atoms with E-state index in [1.54, 1.807) is 6.07 Å². The minimum absolute atomic E-state index is 0.116. The van der Waals surface area contributed by atoms with Gasteiger partial charge in [-0.1, -0.05) is 23.7 Å². The maximum absolute atomic E-state index is 14.1. The molecule has 0 radical (unpaired) electrons. The van der Waals surface area contributed by atoms with Gasteiger partial charge in [-0.3, -0.25) is 0 Å². The van der Waals surface area contributed by atoms with Crippen LogP contribution in [0.5, 0.6) is 0 Å². The van der Waals surface area contributed by atoms with Crippen molar-refractivity contribution in [1.82, 2.24) is 0 Å². The van der Waals surface area contributed by atoms with Gasteiger partial charge in [0.25, 0.3) is 0 Å². The lowest BCUT2D eigenvalue weighted by Crippen LogP contribution is -2.03. The first-order valence-electron chi connectivity index (χ1n) is 5.47. The first-order valence-corrected chi connectivity index (χ1v) is 6.64. The molecule has 2 aromatic carbocycles. The molecule has 0 bridgehead atoms. The van der Waals surface area contributed by atoms with Crippen molar-refractivity contribution < 1.29 is 4.39 Å². The normalized spacial score (nSPS) is 10.5. The molecule has 0 fully saturated rings. The fraction of sp³-hybridized carbons (Fsp3) is 0.0769. The fourth-order valence-corrected chi connectivity index (χ4v) is 2.18. The number of hydrogen-bond acceptors (Lipinski definition) is 3. The zero-order chi connectivity index (χ0) is 14.2. The lowest BCUT2D eigenvalue weighted by molar-refractivity contribution is 0.633. The van der Waals surface area contributed by atoms with Crippen molar-refractivity contribution in [3.05, 3.63) is 45.1 Å². The molecular formula is C13H12BrClFN3. The number of aryl methyl sites for hydroxylation is 1. The number of hydrogen-bond donors (Lipinski definition) is 3. The van der Waals surface area contributed by atoms with Crippen LogP contribution in [0.25, 0.3) is 0 Å². The summed E-state index contributed by atoms with van der Waals surface area (Å²) in [7, 11) is 0. The molecule has 0 saturated heterocycles. The van der Waals surface area contributed by atoms with Crippen LogP contribution in [0.3, 0.4) is 0 Å². The number of nitrogens with two attached hydrogens (primary N) is 2. The topological polar surface area (TPSA) is 64.1 Å². The summed E-state index contributed by atoms with van der Waals surface area (Å²) < 4.78 is 14.9. The lowest BCUT2D eigenvalue weighted by atomic mass is 10.2. The maximum Gasteiger partial charge on any atom is 0.169 e. The first kappa shape index (κ1) is 14.0. The summed E-state index contributed by atoms with van der Waals surface area (Å²) in [6.45, 7) is 1.94. The summed E-state index contributed by atoms with van der Waals surface area (Å²) >= 11 is 9.22. The smallest absolute Gasteiger partial charge is 0.169 e. The molecule has 0 saturated carbocycles. The fourth-order valence-electron chi connectivity index (χ4n) is 1.67. The Kier molecular flexibility index (Phi) is 3.87. The Morgan fingerprint density at radius 3 is 2.63 bits per heavy atom. The summed E-state index contributed by atoms with van der Waals surface area (Å²) in [6, 6.07) is 7.03. The summed E-state index contributed by atoms with van der Waals surface area (Å²) in [5.74, 6) is -0.660. The molecule has 0 aliphatic heterocycles. The van der Waals surface area contributed by atoms with Crippen molar-refractivity contribution in [2.45, 2.75) is 6.92 Å². The highest BCUT2D eigenvalue weighted by Crippen LogP contribution is 2.37. The van der Waals surface area contributed by atoms with Crippen molar-refractivity contribution in [3.8, 4) is 0 Å². The zero-order valence-corrected chi connectivity index (χ0v) is 12.4. The predicted octanol–water partition coefficient (Wildman–Crippen LogP) is 4.46. The van der Waals surface area contributed by atoms with Crippen LogP contribution in [0, 0.1) is 12.7 Å². The third kappa shape index (κ3) is 2.62. The van der Waals surface area contributed by atoms with Crippen molar-refractivity contribution in [1.29, 1.82) is 0 Å². The Hall–Kier alpha value is -1.46. The molecule has 0 atom stereocenters. The largest absolute Gasteiger partial charge is 0.397 e. The standard InChI is InChI=1S/C13H12BrClFN3/c1-6-3-2-4-9(10(6)14)19-13-8(18)5-7(17)11(15)12(13)16/h2-5,19H,17-18H2,1H3. The highest BCUT2D eigenvalue weighted by atomic mass is 79.9. The second kappa shape index (κ2) is 5.27. The summed E-state index contributed by atoms with van der Waals surface area (Å²) in [4.78, 5) is 0. The minimum atomic E-state index is -0.660. The summed E-state index contributed by atoms with van der Waals surface area (Å²) in [5.41, 5.74) is 13.5. The first-order chi connectivity index (χ1) is 8.91. The molecule has 0 heterocycles. The molecule has 0 unspecified atom stereocenters. The van der Waals surface area contributed by atoms with E-state index < -0.39 is 5.82 Å². The zero-order valence-electron chi connectivity index (χ0n) is 10.1. The Morgan fingerprint density at radius 2 is 1.95 bits per heavy atom. The molecule has 3 nitrogen and oxygen atoms in total. The van der Waals surface area contributed by atoms with Crippen molar-refractivity contribution in [2.24, 2.45) is 0 Å². The van der Waals surface area contributed by atoms with Crippen LogP contribution in [0.1, 0.15) is 5.56 Å². The molecule has 0 aliphatic rings.